The van der Waals surface area contributed by atoms with Gasteiger partial charge in [0.05, 0.1) is 12.6 Å². The van der Waals surface area contributed by atoms with E-state index in [1.54, 1.807) is 7.11 Å². The molecule has 5 nitrogen and oxygen atoms in total. The van der Waals surface area contributed by atoms with Crippen LogP contribution in [0.1, 0.15) is 19.8 Å². The molecule has 0 aromatic carbocycles. The minimum Gasteiger partial charge on any atom is -0.383 e. The summed E-state index contributed by atoms with van der Waals surface area (Å²) < 4.78 is 5.11. The van der Waals surface area contributed by atoms with Gasteiger partial charge in [-0.3, -0.25) is 14.6 Å². The molecule has 5 heteroatoms. The van der Waals surface area contributed by atoms with Crippen molar-refractivity contribution in [1.82, 2.24) is 14.7 Å². The Morgan fingerprint density at radius 3 is 2.32 bits per heavy atom. The summed E-state index contributed by atoms with van der Waals surface area (Å²) in [5.74, 6) is 0.322. The number of carbonyl (C=O) groups excluding carboxylic acids is 1. The van der Waals surface area contributed by atoms with Gasteiger partial charge in [0, 0.05) is 52.9 Å². The number of hydrogen-bond acceptors (Lipinski definition) is 4. The Kier molecular flexibility index (Phi) is 5.60. The van der Waals surface area contributed by atoms with Crippen molar-refractivity contribution in [1.29, 1.82) is 0 Å². The summed E-state index contributed by atoms with van der Waals surface area (Å²) in [6, 6.07) is 0.0441. The summed E-state index contributed by atoms with van der Waals surface area (Å²) in [6.07, 6.45) is 2.34. The van der Waals surface area contributed by atoms with E-state index in [1.165, 1.54) is 12.8 Å². The van der Waals surface area contributed by atoms with Gasteiger partial charge in [-0.25, -0.2) is 0 Å². The van der Waals surface area contributed by atoms with Gasteiger partial charge in [0.2, 0.25) is 5.91 Å². The molecule has 1 atom stereocenters. The first-order valence-corrected chi connectivity index (χ1v) is 7.46. The third kappa shape index (κ3) is 3.91. The van der Waals surface area contributed by atoms with E-state index < -0.39 is 0 Å². The average Bonchev–Trinajstić information content (AvgIpc) is 2.98. The Morgan fingerprint density at radius 1 is 1.11 bits per heavy atom. The number of rotatable bonds is 5. The summed E-state index contributed by atoms with van der Waals surface area (Å²) in [5, 5.41) is 0. The lowest BCUT2D eigenvalue weighted by molar-refractivity contribution is -0.136. The standard InChI is InChI=1S/C14H27N3O2/c1-13(14(18)17-5-3-4-6-17)16-9-7-15(8-10-16)11-12-19-2/h13H,3-12H2,1-2H3/t13-/m1/s1. The van der Waals surface area contributed by atoms with Crippen molar-refractivity contribution in [3.63, 3.8) is 0 Å². The topological polar surface area (TPSA) is 36.0 Å². The lowest BCUT2D eigenvalue weighted by atomic mass is 10.2. The summed E-state index contributed by atoms with van der Waals surface area (Å²) in [7, 11) is 1.74. The molecule has 0 aromatic heterocycles. The quantitative estimate of drug-likeness (QED) is 0.717. The van der Waals surface area contributed by atoms with Crippen LogP contribution in [0, 0.1) is 0 Å². The number of hydrogen-bond donors (Lipinski definition) is 0. The number of ether oxygens (including phenoxy) is 1. The van der Waals surface area contributed by atoms with Gasteiger partial charge in [-0.15, -0.1) is 0 Å². The van der Waals surface area contributed by atoms with E-state index >= 15 is 0 Å². The van der Waals surface area contributed by atoms with Crippen LogP contribution in [0.3, 0.4) is 0 Å². The van der Waals surface area contributed by atoms with Crippen LogP contribution in [0.25, 0.3) is 0 Å². The van der Waals surface area contributed by atoms with Crippen molar-refractivity contribution in [2.24, 2.45) is 0 Å². The minimum atomic E-state index is 0.0441. The second-order valence-corrected chi connectivity index (χ2v) is 5.58. The molecule has 2 aliphatic rings. The van der Waals surface area contributed by atoms with E-state index in [4.69, 9.17) is 4.74 Å². The Labute approximate surface area is 116 Å². The molecular weight excluding hydrogens is 242 g/mol. The maximum atomic E-state index is 12.3. The van der Waals surface area contributed by atoms with E-state index in [9.17, 15) is 4.79 Å². The summed E-state index contributed by atoms with van der Waals surface area (Å²) in [4.78, 5) is 19.1. The molecule has 0 aromatic rings. The number of amides is 1. The highest BCUT2D eigenvalue weighted by atomic mass is 16.5. The molecule has 110 valence electrons. The monoisotopic (exact) mass is 269 g/mol. The molecular formula is C14H27N3O2. The van der Waals surface area contributed by atoms with Gasteiger partial charge in [0.25, 0.3) is 0 Å². The normalized spacial score (nSPS) is 23.8. The van der Waals surface area contributed by atoms with Crippen LogP contribution < -0.4 is 0 Å². The Morgan fingerprint density at radius 2 is 1.74 bits per heavy atom. The van der Waals surface area contributed by atoms with Crippen LogP contribution in [0.4, 0.5) is 0 Å². The van der Waals surface area contributed by atoms with E-state index in [0.717, 1.165) is 52.4 Å². The fourth-order valence-electron chi connectivity index (χ4n) is 2.95. The molecule has 2 heterocycles. The van der Waals surface area contributed by atoms with Gasteiger partial charge in [-0.05, 0) is 19.8 Å². The molecule has 2 saturated heterocycles. The van der Waals surface area contributed by atoms with Crippen LogP contribution in [0.2, 0.25) is 0 Å². The van der Waals surface area contributed by atoms with Crippen molar-refractivity contribution < 1.29 is 9.53 Å². The SMILES string of the molecule is COCCN1CCN([C@H](C)C(=O)N2CCCC2)CC1. The summed E-state index contributed by atoms with van der Waals surface area (Å²) >= 11 is 0. The molecule has 0 radical (unpaired) electrons. The van der Waals surface area contributed by atoms with Crippen LogP contribution in [0.5, 0.6) is 0 Å². The number of carbonyl (C=O) groups is 1. The minimum absolute atomic E-state index is 0.0441. The molecule has 19 heavy (non-hydrogen) atoms. The highest BCUT2D eigenvalue weighted by Crippen LogP contribution is 2.13. The van der Waals surface area contributed by atoms with E-state index in [1.807, 2.05) is 4.90 Å². The zero-order chi connectivity index (χ0) is 13.7. The van der Waals surface area contributed by atoms with Crippen LogP contribution in [0.15, 0.2) is 0 Å². The van der Waals surface area contributed by atoms with Crippen molar-refractivity contribution in [3.8, 4) is 0 Å². The highest BCUT2D eigenvalue weighted by molar-refractivity contribution is 5.81. The van der Waals surface area contributed by atoms with E-state index in [-0.39, 0.29) is 6.04 Å². The molecule has 0 unspecified atom stereocenters. The largest absolute Gasteiger partial charge is 0.383 e. The van der Waals surface area contributed by atoms with Crippen molar-refractivity contribution in [2.45, 2.75) is 25.8 Å². The van der Waals surface area contributed by atoms with Crippen molar-refractivity contribution >= 4 is 5.91 Å². The van der Waals surface area contributed by atoms with Gasteiger partial charge in [-0.1, -0.05) is 0 Å². The number of piperazine rings is 1. The smallest absolute Gasteiger partial charge is 0.239 e. The second kappa shape index (κ2) is 7.22. The molecule has 0 spiro atoms. The Hall–Kier alpha value is -0.650. The Bertz CT molecular complexity index is 284. The van der Waals surface area contributed by atoms with Crippen LogP contribution in [-0.2, 0) is 9.53 Å². The molecule has 0 bridgehead atoms. The number of nitrogens with zero attached hydrogens (tertiary/aromatic N) is 3. The van der Waals surface area contributed by atoms with E-state index in [0.29, 0.717) is 5.91 Å². The highest BCUT2D eigenvalue weighted by Gasteiger charge is 2.29. The van der Waals surface area contributed by atoms with Crippen LogP contribution in [-0.4, -0.2) is 86.2 Å². The fraction of sp³-hybridized carbons (Fsp3) is 0.929. The fourth-order valence-corrected chi connectivity index (χ4v) is 2.95. The summed E-state index contributed by atoms with van der Waals surface area (Å²) in [5.41, 5.74) is 0. The lowest BCUT2D eigenvalue weighted by Gasteiger charge is -2.38. The second-order valence-electron chi connectivity index (χ2n) is 5.58. The van der Waals surface area contributed by atoms with Gasteiger partial charge in [0.15, 0.2) is 0 Å². The van der Waals surface area contributed by atoms with E-state index in [2.05, 4.69) is 16.7 Å². The maximum Gasteiger partial charge on any atom is 0.239 e. The Balaban J connectivity index is 1.75. The third-order valence-electron chi connectivity index (χ3n) is 4.34. The first-order valence-electron chi connectivity index (χ1n) is 7.46. The lowest BCUT2D eigenvalue weighted by Crippen LogP contribution is -2.54. The molecule has 0 saturated carbocycles. The predicted molar refractivity (Wildman–Crippen MR) is 75.2 cm³/mol. The maximum absolute atomic E-state index is 12.3. The predicted octanol–water partition coefficient (Wildman–Crippen LogP) is 0.261. The van der Waals surface area contributed by atoms with Gasteiger partial charge < -0.3 is 9.64 Å². The molecule has 2 rings (SSSR count). The van der Waals surface area contributed by atoms with Gasteiger partial charge >= 0.3 is 0 Å². The molecule has 0 aliphatic carbocycles. The number of methoxy groups -OCH3 is 1. The van der Waals surface area contributed by atoms with Gasteiger partial charge in [-0.2, -0.15) is 0 Å². The van der Waals surface area contributed by atoms with Crippen LogP contribution >= 0.6 is 0 Å². The average molecular weight is 269 g/mol. The molecule has 2 aliphatic heterocycles. The van der Waals surface area contributed by atoms with Crippen molar-refractivity contribution in [2.75, 3.05) is 59.5 Å². The molecule has 2 fully saturated rings. The summed E-state index contributed by atoms with van der Waals surface area (Å²) in [6.45, 7) is 9.83. The molecule has 1 amide bonds. The number of likely N-dealkylation sites (tertiary alicyclic amines) is 1. The zero-order valence-electron chi connectivity index (χ0n) is 12.3. The zero-order valence-corrected chi connectivity index (χ0v) is 12.3. The molecule has 0 N–H and O–H groups in total. The van der Waals surface area contributed by atoms with Crippen molar-refractivity contribution in [3.05, 3.63) is 0 Å². The van der Waals surface area contributed by atoms with Gasteiger partial charge in [0.1, 0.15) is 0 Å². The first kappa shape index (κ1) is 14.8. The third-order valence-corrected chi connectivity index (χ3v) is 4.34. The first-order chi connectivity index (χ1) is 9.22.